The number of pyridine rings is 1. The molecular formula is C12H17N3O2. The minimum absolute atomic E-state index is 0.0810. The summed E-state index contributed by atoms with van der Waals surface area (Å²) in [6.07, 6.45) is 3.74. The van der Waals surface area contributed by atoms with Gasteiger partial charge < -0.3 is 15.4 Å². The lowest BCUT2D eigenvalue weighted by molar-refractivity contribution is -0.127. The Morgan fingerprint density at radius 2 is 2.59 bits per heavy atom. The van der Waals surface area contributed by atoms with Crippen LogP contribution in [0.2, 0.25) is 0 Å². The van der Waals surface area contributed by atoms with Crippen LogP contribution in [0.3, 0.4) is 0 Å². The summed E-state index contributed by atoms with van der Waals surface area (Å²) >= 11 is 0. The van der Waals surface area contributed by atoms with Gasteiger partial charge in [-0.25, -0.2) is 0 Å². The van der Waals surface area contributed by atoms with Crippen LogP contribution in [0.1, 0.15) is 13.3 Å². The van der Waals surface area contributed by atoms with Crippen LogP contribution in [0.5, 0.6) is 5.75 Å². The van der Waals surface area contributed by atoms with E-state index in [1.807, 2.05) is 0 Å². The highest BCUT2D eigenvalue weighted by molar-refractivity contribution is 5.81. The van der Waals surface area contributed by atoms with E-state index in [0.717, 1.165) is 19.5 Å². The van der Waals surface area contributed by atoms with Crippen LogP contribution >= 0.6 is 0 Å². The number of nitrogens with zero attached hydrogens (tertiary/aromatic N) is 1. The van der Waals surface area contributed by atoms with Crippen molar-refractivity contribution in [2.45, 2.75) is 25.5 Å². The number of hydrogen-bond donors (Lipinski definition) is 2. The molecule has 1 aliphatic rings. The van der Waals surface area contributed by atoms with Crippen molar-refractivity contribution in [3.63, 3.8) is 0 Å². The summed E-state index contributed by atoms with van der Waals surface area (Å²) in [5.41, 5.74) is 0. The van der Waals surface area contributed by atoms with Crippen molar-refractivity contribution in [2.24, 2.45) is 0 Å². The zero-order chi connectivity index (χ0) is 12.1. The Balaban J connectivity index is 1.82. The van der Waals surface area contributed by atoms with Gasteiger partial charge in [-0.2, -0.15) is 0 Å². The zero-order valence-electron chi connectivity index (χ0n) is 9.85. The molecule has 0 bridgehead atoms. The molecule has 0 spiro atoms. The molecule has 1 amide bonds. The monoisotopic (exact) mass is 235 g/mol. The third-order valence-electron chi connectivity index (χ3n) is 2.72. The lowest BCUT2D eigenvalue weighted by Gasteiger charge is -2.17. The van der Waals surface area contributed by atoms with Gasteiger partial charge in [-0.3, -0.25) is 9.78 Å². The fraction of sp³-hybridized carbons (Fsp3) is 0.500. The van der Waals surface area contributed by atoms with E-state index in [2.05, 4.69) is 15.6 Å². The first kappa shape index (κ1) is 11.9. The topological polar surface area (TPSA) is 63.2 Å². The Bertz CT molecular complexity index is 363. The second-order valence-corrected chi connectivity index (χ2v) is 4.15. The Morgan fingerprint density at radius 1 is 1.71 bits per heavy atom. The molecule has 2 atom stereocenters. The number of rotatable bonds is 4. The van der Waals surface area contributed by atoms with Crippen molar-refractivity contribution in [2.75, 3.05) is 13.1 Å². The lowest BCUT2D eigenvalue weighted by atomic mass is 10.2. The first-order chi connectivity index (χ1) is 8.25. The Hall–Kier alpha value is -1.62. The molecule has 2 unspecified atom stereocenters. The number of ether oxygens (including phenoxy) is 1. The number of carbonyl (C=O) groups excluding carboxylic acids is 1. The summed E-state index contributed by atoms with van der Waals surface area (Å²) < 4.78 is 5.49. The Labute approximate surface area is 101 Å². The predicted octanol–water partition coefficient (Wildman–Crippen LogP) is 0.327. The molecule has 5 heteroatoms. The summed E-state index contributed by atoms with van der Waals surface area (Å²) in [7, 11) is 0. The van der Waals surface area contributed by atoms with Crippen LogP contribution in [0.25, 0.3) is 0 Å². The summed E-state index contributed by atoms with van der Waals surface area (Å²) in [5, 5.41) is 6.15. The first-order valence-corrected chi connectivity index (χ1v) is 5.83. The van der Waals surface area contributed by atoms with E-state index in [-0.39, 0.29) is 11.9 Å². The number of aromatic nitrogens is 1. The van der Waals surface area contributed by atoms with Gasteiger partial charge in [0.15, 0.2) is 6.10 Å². The van der Waals surface area contributed by atoms with Crippen molar-refractivity contribution in [3.05, 3.63) is 24.5 Å². The van der Waals surface area contributed by atoms with Gasteiger partial charge in [-0.05, 0) is 32.0 Å². The second kappa shape index (κ2) is 5.63. The molecule has 2 heterocycles. The minimum Gasteiger partial charge on any atom is -0.479 e. The van der Waals surface area contributed by atoms with Crippen molar-refractivity contribution in [1.82, 2.24) is 15.6 Å². The maximum absolute atomic E-state index is 11.8. The molecule has 1 aliphatic heterocycles. The summed E-state index contributed by atoms with van der Waals surface area (Å²) in [4.78, 5) is 15.8. The van der Waals surface area contributed by atoms with Crippen molar-refractivity contribution in [1.29, 1.82) is 0 Å². The van der Waals surface area contributed by atoms with Crippen LogP contribution in [0, 0.1) is 0 Å². The number of nitrogens with one attached hydrogen (secondary N) is 2. The number of carbonyl (C=O) groups is 1. The summed E-state index contributed by atoms with van der Waals surface area (Å²) in [6.45, 7) is 3.54. The molecule has 0 aromatic carbocycles. The standard InChI is InChI=1S/C12H17N3O2/c1-9(17-11-3-2-5-13-8-11)12(16)15-10-4-6-14-7-10/h2-3,5,8-10,14H,4,6-7H2,1H3,(H,15,16). The molecule has 92 valence electrons. The van der Waals surface area contributed by atoms with Gasteiger partial charge in [-0.15, -0.1) is 0 Å². The van der Waals surface area contributed by atoms with Gasteiger partial charge >= 0.3 is 0 Å². The highest BCUT2D eigenvalue weighted by atomic mass is 16.5. The van der Waals surface area contributed by atoms with Gasteiger partial charge in [0.1, 0.15) is 5.75 Å². The van der Waals surface area contributed by atoms with Gasteiger partial charge in [0.25, 0.3) is 5.91 Å². The van der Waals surface area contributed by atoms with E-state index in [9.17, 15) is 4.79 Å². The van der Waals surface area contributed by atoms with Crippen LogP contribution in [0.15, 0.2) is 24.5 Å². The van der Waals surface area contributed by atoms with Crippen molar-refractivity contribution >= 4 is 5.91 Å². The molecule has 0 radical (unpaired) electrons. The minimum atomic E-state index is -0.500. The van der Waals surface area contributed by atoms with E-state index < -0.39 is 6.10 Å². The maximum atomic E-state index is 11.8. The molecule has 2 N–H and O–H groups in total. The van der Waals surface area contributed by atoms with E-state index in [4.69, 9.17) is 4.74 Å². The van der Waals surface area contributed by atoms with Crippen LogP contribution < -0.4 is 15.4 Å². The zero-order valence-corrected chi connectivity index (χ0v) is 9.85. The highest BCUT2D eigenvalue weighted by Gasteiger charge is 2.21. The smallest absolute Gasteiger partial charge is 0.261 e. The Morgan fingerprint density at radius 3 is 3.24 bits per heavy atom. The molecule has 1 aromatic heterocycles. The van der Waals surface area contributed by atoms with E-state index >= 15 is 0 Å². The number of amides is 1. The first-order valence-electron chi connectivity index (χ1n) is 5.83. The normalized spacial score (nSPS) is 20.9. The van der Waals surface area contributed by atoms with Crippen LogP contribution in [-0.2, 0) is 4.79 Å². The third kappa shape index (κ3) is 3.42. The molecule has 1 saturated heterocycles. The summed E-state index contributed by atoms with van der Waals surface area (Å²) in [6, 6.07) is 3.79. The fourth-order valence-electron chi connectivity index (χ4n) is 1.77. The molecule has 0 saturated carbocycles. The van der Waals surface area contributed by atoms with Gasteiger partial charge in [0.2, 0.25) is 0 Å². The molecule has 1 aromatic rings. The Kier molecular flexibility index (Phi) is 3.93. The lowest BCUT2D eigenvalue weighted by Crippen LogP contribution is -2.43. The van der Waals surface area contributed by atoms with Crippen LogP contribution in [0.4, 0.5) is 0 Å². The number of hydrogen-bond acceptors (Lipinski definition) is 4. The van der Waals surface area contributed by atoms with Crippen molar-refractivity contribution in [3.8, 4) is 5.75 Å². The van der Waals surface area contributed by atoms with Crippen LogP contribution in [-0.4, -0.2) is 36.1 Å². The molecular weight excluding hydrogens is 218 g/mol. The largest absolute Gasteiger partial charge is 0.479 e. The SMILES string of the molecule is CC(Oc1cccnc1)C(=O)NC1CCNC1. The summed E-state index contributed by atoms with van der Waals surface area (Å²) in [5.74, 6) is 0.530. The molecule has 0 aliphatic carbocycles. The maximum Gasteiger partial charge on any atom is 0.261 e. The molecule has 2 rings (SSSR count). The second-order valence-electron chi connectivity index (χ2n) is 4.15. The highest BCUT2D eigenvalue weighted by Crippen LogP contribution is 2.09. The quantitative estimate of drug-likeness (QED) is 0.789. The van der Waals surface area contributed by atoms with E-state index in [1.165, 1.54) is 0 Å². The molecule has 1 fully saturated rings. The van der Waals surface area contributed by atoms with E-state index in [0.29, 0.717) is 5.75 Å². The average Bonchev–Trinajstić information content (AvgIpc) is 2.83. The predicted molar refractivity (Wildman–Crippen MR) is 63.7 cm³/mol. The molecule has 5 nitrogen and oxygen atoms in total. The molecule has 17 heavy (non-hydrogen) atoms. The van der Waals surface area contributed by atoms with E-state index in [1.54, 1.807) is 31.5 Å². The van der Waals surface area contributed by atoms with Gasteiger partial charge in [0, 0.05) is 18.8 Å². The third-order valence-corrected chi connectivity index (χ3v) is 2.72. The average molecular weight is 235 g/mol. The van der Waals surface area contributed by atoms with Crippen molar-refractivity contribution < 1.29 is 9.53 Å². The van der Waals surface area contributed by atoms with Gasteiger partial charge in [0.05, 0.1) is 6.20 Å². The van der Waals surface area contributed by atoms with Gasteiger partial charge in [-0.1, -0.05) is 0 Å². The fourth-order valence-corrected chi connectivity index (χ4v) is 1.77.